The van der Waals surface area contributed by atoms with Crippen molar-refractivity contribution in [3.05, 3.63) is 52.0 Å². The lowest BCUT2D eigenvalue weighted by Crippen LogP contribution is -3.00. The summed E-state index contributed by atoms with van der Waals surface area (Å²) in [5.41, 5.74) is 0.386. The number of imidazole rings is 1. The average molecular weight is 364 g/mol. The van der Waals surface area contributed by atoms with Crippen LogP contribution in [0.15, 0.2) is 30.6 Å². The number of rotatable bonds is 3. The summed E-state index contributed by atoms with van der Waals surface area (Å²) in [4.78, 5) is 12.2. The normalized spacial score (nSPS) is 10.1. The topological polar surface area (TPSA) is 25.9 Å². The molecular formula is C13H13BrCl2N2O. The lowest BCUT2D eigenvalue weighted by molar-refractivity contribution is -0.677. The monoisotopic (exact) mass is 362 g/mol. The maximum Gasteiger partial charge on any atom is 0.253 e. The molecule has 0 saturated carbocycles. The maximum atomic E-state index is 12.2. The van der Waals surface area contributed by atoms with Crippen LogP contribution in [0.4, 0.5) is 0 Å². The Labute approximate surface area is 132 Å². The van der Waals surface area contributed by atoms with Crippen molar-refractivity contribution in [3.63, 3.8) is 0 Å². The third-order valence-electron chi connectivity index (χ3n) is 2.95. The molecule has 0 saturated heterocycles. The fourth-order valence-corrected chi connectivity index (χ4v) is 2.37. The summed E-state index contributed by atoms with van der Waals surface area (Å²) in [6.45, 7) is 2.18. The largest absolute Gasteiger partial charge is 1.00 e. The molecule has 0 N–H and O–H groups in total. The lowest BCUT2D eigenvalue weighted by Gasteiger charge is -2.04. The highest BCUT2D eigenvalue weighted by molar-refractivity contribution is 6.39. The van der Waals surface area contributed by atoms with Crippen LogP contribution in [0.5, 0.6) is 0 Å². The maximum absolute atomic E-state index is 12.2. The van der Waals surface area contributed by atoms with Crippen molar-refractivity contribution in [2.75, 3.05) is 0 Å². The van der Waals surface area contributed by atoms with Gasteiger partial charge < -0.3 is 17.0 Å². The van der Waals surface area contributed by atoms with Gasteiger partial charge in [0.1, 0.15) is 12.4 Å². The quantitative estimate of drug-likeness (QED) is 0.548. The van der Waals surface area contributed by atoms with Gasteiger partial charge >= 0.3 is 0 Å². The molecule has 102 valence electrons. The minimum Gasteiger partial charge on any atom is -1.00 e. The first-order valence-corrected chi connectivity index (χ1v) is 6.25. The number of nitrogens with zero attached hydrogens (tertiary/aromatic N) is 2. The number of benzene rings is 1. The van der Waals surface area contributed by atoms with Gasteiger partial charge in [0, 0.05) is 6.92 Å². The van der Waals surface area contributed by atoms with E-state index in [0.717, 1.165) is 5.82 Å². The van der Waals surface area contributed by atoms with Crippen LogP contribution in [0.25, 0.3) is 0 Å². The second kappa shape index (κ2) is 6.55. The highest BCUT2D eigenvalue weighted by atomic mass is 79.9. The molecule has 0 aliphatic heterocycles. The Morgan fingerprint density at radius 3 is 2.37 bits per heavy atom. The Balaban J connectivity index is 0.00000180. The molecule has 0 aliphatic rings. The van der Waals surface area contributed by atoms with E-state index in [-0.39, 0.29) is 29.3 Å². The zero-order valence-electron chi connectivity index (χ0n) is 10.5. The van der Waals surface area contributed by atoms with Crippen LogP contribution in [-0.2, 0) is 13.6 Å². The number of halogens is 3. The molecule has 0 spiro atoms. The van der Waals surface area contributed by atoms with Crippen LogP contribution >= 0.6 is 23.2 Å². The summed E-state index contributed by atoms with van der Waals surface area (Å²) in [7, 11) is 1.93. The van der Waals surface area contributed by atoms with Gasteiger partial charge in [0.2, 0.25) is 5.78 Å². The molecule has 6 heteroatoms. The van der Waals surface area contributed by atoms with Crippen molar-refractivity contribution in [2.24, 2.45) is 7.05 Å². The zero-order valence-corrected chi connectivity index (χ0v) is 13.6. The first-order chi connectivity index (χ1) is 8.50. The van der Waals surface area contributed by atoms with Crippen molar-refractivity contribution >= 4 is 29.0 Å². The minimum absolute atomic E-state index is 0. The van der Waals surface area contributed by atoms with Gasteiger partial charge in [-0.3, -0.25) is 4.79 Å². The molecule has 0 aliphatic carbocycles. The molecule has 0 unspecified atom stereocenters. The molecule has 1 heterocycles. The Kier molecular flexibility index (Phi) is 5.59. The number of carbonyl (C=O) groups excluding carboxylic acids is 1. The van der Waals surface area contributed by atoms with E-state index in [0.29, 0.717) is 15.6 Å². The van der Waals surface area contributed by atoms with Crippen molar-refractivity contribution in [1.82, 2.24) is 4.57 Å². The molecule has 0 atom stereocenters. The van der Waals surface area contributed by atoms with Gasteiger partial charge in [-0.1, -0.05) is 29.3 Å². The Hall–Kier alpha value is -0.840. The fourth-order valence-electron chi connectivity index (χ4n) is 1.76. The van der Waals surface area contributed by atoms with E-state index in [4.69, 9.17) is 23.2 Å². The predicted molar refractivity (Wildman–Crippen MR) is 71.1 cm³/mol. The Morgan fingerprint density at radius 1 is 1.32 bits per heavy atom. The first-order valence-electron chi connectivity index (χ1n) is 5.49. The Morgan fingerprint density at radius 2 is 1.89 bits per heavy atom. The molecule has 3 nitrogen and oxygen atoms in total. The summed E-state index contributed by atoms with van der Waals surface area (Å²) in [5.74, 6) is 0.899. The highest BCUT2D eigenvalue weighted by Gasteiger charge is 2.19. The van der Waals surface area contributed by atoms with E-state index < -0.39 is 0 Å². The number of hydrogen-bond acceptors (Lipinski definition) is 1. The van der Waals surface area contributed by atoms with Crippen molar-refractivity contribution in [1.29, 1.82) is 0 Å². The lowest BCUT2D eigenvalue weighted by atomic mass is 10.1. The molecule has 1 aromatic carbocycles. The molecule has 19 heavy (non-hydrogen) atoms. The van der Waals surface area contributed by atoms with E-state index in [1.165, 1.54) is 0 Å². The van der Waals surface area contributed by atoms with Crippen molar-refractivity contribution in [2.45, 2.75) is 13.5 Å². The second-order valence-electron chi connectivity index (χ2n) is 4.10. The first kappa shape index (κ1) is 16.2. The number of hydrogen-bond donors (Lipinski definition) is 0. The molecule has 2 aromatic rings. The van der Waals surface area contributed by atoms with E-state index >= 15 is 0 Å². The van der Waals surface area contributed by atoms with Crippen LogP contribution in [0, 0.1) is 6.92 Å². The summed E-state index contributed by atoms with van der Waals surface area (Å²) < 4.78 is 3.81. The van der Waals surface area contributed by atoms with Gasteiger partial charge in [0.05, 0.1) is 22.7 Å². The van der Waals surface area contributed by atoms with Crippen LogP contribution in [0.1, 0.15) is 16.2 Å². The summed E-state index contributed by atoms with van der Waals surface area (Å²) in [6, 6.07) is 5.06. The van der Waals surface area contributed by atoms with Crippen LogP contribution in [-0.4, -0.2) is 10.4 Å². The number of Topliss-reactive ketones (excluding diaryl/α,β-unsaturated/α-hetero) is 1. The smallest absolute Gasteiger partial charge is 0.253 e. The molecular weight excluding hydrogens is 351 g/mol. The summed E-state index contributed by atoms with van der Waals surface area (Å²) >= 11 is 12.0. The highest BCUT2D eigenvalue weighted by Crippen LogP contribution is 2.25. The molecule has 0 radical (unpaired) electrons. The minimum atomic E-state index is -0.0927. The number of aromatic nitrogens is 2. The van der Waals surface area contributed by atoms with E-state index in [2.05, 4.69) is 0 Å². The number of ketones is 1. The van der Waals surface area contributed by atoms with Crippen LogP contribution < -0.4 is 21.5 Å². The second-order valence-corrected chi connectivity index (χ2v) is 4.92. The van der Waals surface area contributed by atoms with Crippen LogP contribution in [0.2, 0.25) is 10.0 Å². The van der Waals surface area contributed by atoms with E-state index in [1.54, 1.807) is 18.2 Å². The van der Waals surface area contributed by atoms with E-state index in [9.17, 15) is 4.79 Å². The van der Waals surface area contributed by atoms with Crippen molar-refractivity contribution in [3.8, 4) is 0 Å². The summed E-state index contributed by atoms with van der Waals surface area (Å²) in [5, 5.41) is 0.781. The van der Waals surface area contributed by atoms with Gasteiger partial charge in [-0.05, 0) is 12.1 Å². The molecule has 1 aromatic heterocycles. The zero-order chi connectivity index (χ0) is 13.3. The van der Waals surface area contributed by atoms with Gasteiger partial charge in [-0.15, -0.1) is 0 Å². The SMILES string of the molecule is Cc1n(CC(=O)c2c(Cl)cccc2Cl)cc[n+]1C.[Br-]. The van der Waals surface area contributed by atoms with Gasteiger partial charge in [0.25, 0.3) is 5.82 Å². The number of aryl methyl sites for hydroxylation is 1. The van der Waals surface area contributed by atoms with Gasteiger partial charge in [-0.25, -0.2) is 9.13 Å². The van der Waals surface area contributed by atoms with E-state index in [1.807, 2.05) is 35.5 Å². The Bertz CT molecular complexity index is 590. The molecule has 0 amide bonds. The third kappa shape index (κ3) is 3.38. The molecule has 0 bridgehead atoms. The van der Waals surface area contributed by atoms with Gasteiger partial charge in [-0.2, -0.15) is 0 Å². The molecule has 0 fully saturated rings. The third-order valence-corrected chi connectivity index (χ3v) is 3.58. The van der Waals surface area contributed by atoms with Gasteiger partial charge in [0.15, 0.2) is 6.54 Å². The fraction of sp³-hybridized carbons (Fsp3) is 0.231. The summed E-state index contributed by atoms with van der Waals surface area (Å²) in [6.07, 6.45) is 3.76. The standard InChI is InChI=1S/C13H13Cl2N2O.BrH/c1-9-16(2)6-7-17(9)8-12(18)13-10(14)4-3-5-11(13)15;/h3-7H,8H2,1-2H3;1H/q+1;/p-1. The predicted octanol–water partition coefficient (Wildman–Crippen LogP) is -0.185. The number of carbonyl (C=O) groups is 1. The molecule has 2 rings (SSSR count). The van der Waals surface area contributed by atoms with Crippen LogP contribution in [0.3, 0.4) is 0 Å². The average Bonchev–Trinajstić information content (AvgIpc) is 2.61. The van der Waals surface area contributed by atoms with Crippen molar-refractivity contribution < 1.29 is 26.3 Å².